The average molecular weight is 273 g/mol. The third-order valence-electron chi connectivity index (χ3n) is 3.15. The molecule has 1 fully saturated rings. The highest BCUT2D eigenvalue weighted by Crippen LogP contribution is 2.21. The number of hydrogen-bond donors (Lipinski definition) is 2. The van der Waals surface area contributed by atoms with Gasteiger partial charge in [-0.15, -0.1) is 0 Å². The molecule has 18 heavy (non-hydrogen) atoms. The fourth-order valence-corrected chi connectivity index (χ4v) is 4.01. The van der Waals surface area contributed by atoms with E-state index in [9.17, 15) is 17.9 Å². The van der Waals surface area contributed by atoms with Crippen molar-refractivity contribution in [3.05, 3.63) is 29.6 Å². The van der Waals surface area contributed by atoms with Crippen LogP contribution in [0.4, 0.5) is 4.39 Å². The second-order valence-corrected chi connectivity index (χ2v) is 6.88. The zero-order valence-corrected chi connectivity index (χ0v) is 10.7. The molecule has 4 nitrogen and oxygen atoms in total. The Balaban J connectivity index is 1.84. The molecule has 6 heteroatoms. The topological polar surface area (TPSA) is 66.4 Å². The Bertz CT molecular complexity index is 530. The molecular weight excluding hydrogens is 257 g/mol. The summed E-state index contributed by atoms with van der Waals surface area (Å²) >= 11 is 0. The molecular formula is C12H16FNO3S. The van der Waals surface area contributed by atoms with Crippen LogP contribution >= 0.6 is 0 Å². The number of nitrogens with one attached hydrogen (secondary N) is 1. The second kappa shape index (κ2) is 5.24. The second-order valence-electron chi connectivity index (χ2n) is 4.65. The van der Waals surface area contributed by atoms with E-state index in [4.69, 9.17) is 0 Å². The van der Waals surface area contributed by atoms with Gasteiger partial charge in [0.1, 0.15) is 0 Å². The zero-order valence-electron chi connectivity index (χ0n) is 9.89. The molecule has 0 spiro atoms. The number of phenols is 1. The predicted molar refractivity (Wildman–Crippen MR) is 66.5 cm³/mol. The number of sulfone groups is 1. The maximum atomic E-state index is 13.1. The van der Waals surface area contributed by atoms with E-state index in [0.29, 0.717) is 25.1 Å². The van der Waals surface area contributed by atoms with Crippen LogP contribution in [0.1, 0.15) is 12.0 Å². The number of aromatic hydroxyl groups is 1. The van der Waals surface area contributed by atoms with Crippen LogP contribution in [0.25, 0.3) is 0 Å². The summed E-state index contributed by atoms with van der Waals surface area (Å²) in [6.07, 6.45) is 0.671. The smallest absolute Gasteiger partial charge is 0.165 e. The lowest BCUT2D eigenvalue weighted by Crippen LogP contribution is -2.23. The highest BCUT2D eigenvalue weighted by Gasteiger charge is 2.27. The van der Waals surface area contributed by atoms with Crippen molar-refractivity contribution >= 4 is 9.84 Å². The van der Waals surface area contributed by atoms with Crippen molar-refractivity contribution in [3.63, 3.8) is 0 Å². The molecule has 0 bridgehead atoms. The van der Waals surface area contributed by atoms with Crippen molar-refractivity contribution in [2.75, 3.05) is 18.1 Å². The third kappa shape index (κ3) is 3.20. The van der Waals surface area contributed by atoms with Gasteiger partial charge in [0.05, 0.1) is 11.5 Å². The molecule has 0 radical (unpaired) electrons. The summed E-state index contributed by atoms with van der Waals surface area (Å²) in [4.78, 5) is 0. The van der Waals surface area contributed by atoms with Gasteiger partial charge >= 0.3 is 0 Å². The molecule has 1 aromatic rings. The first kappa shape index (κ1) is 13.3. The average Bonchev–Trinajstić information content (AvgIpc) is 2.64. The van der Waals surface area contributed by atoms with Gasteiger partial charge in [0.25, 0.3) is 0 Å². The molecule has 2 rings (SSSR count). The summed E-state index contributed by atoms with van der Waals surface area (Å²) in [5.74, 6) is -0.396. The lowest BCUT2D eigenvalue weighted by atomic mass is 10.1. The molecule has 1 aliphatic heterocycles. The van der Waals surface area contributed by atoms with E-state index in [1.807, 2.05) is 0 Å². The summed E-state index contributed by atoms with van der Waals surface area (Å²) in [7, 11) is -2.85. The first-order valence-electron chi connectivity index (χ1n) is 5.85. The van der Waals surface area contributed by atoms with E-state index in [1.165, 1.54) is 12.1 Å². The number of halogens is 1. The lowest BCUT2D eigenvalue weighted by Gasteiger charge is -2.10. The van der Waals surface area contributed by atoms with E-state index < -0.39 is 15.7 Å². The molecule has 0 saturated carbocycles. The molecule has 1 saturated heterocycles. The summed E-state index contributed by atoms with van der Waals surface area (Å²) in [5.41, 5.74) is 0.482. The van der Waals surface area contributed by atoms with Gasteiger partial charge in [0.15, 0.2) is 21.4 Å². The molecule has 1 aliphatic rings. The first-order valence-corrected chi connectivity index (χ1v) is 7.67. The monoisotopic (exact) mass is 273 g/mol. The lowest BCUT2D eigenvalue weighted by molar-refractivity contribution is 0.421. The Morgan fingerprint density at radius 1 is 1.44 bits per heavy atom. The third-order valence-corrected chi connectivity index (χ3v) is 4.98. The van der Waals surface area contributed by atoms with Crippen LogP contribution in [0.5, 0.6) is 5.75 Å². The summed E-state index contributed by atoms with van der Waals surface area (Å²) in [6, 6.07) is 4.37. The molecule has 1 atom stereocenters. The number of para-hydroxylation sites is 1. The van der Waals surface area contributed by atoms with E-state index in [1.54, 1.807) is 6.07 Å². The normalized spacial score (nSPS) is 22.2. The molecule has 0 amide bonds. The highest BCUT2D eigenvalue weighted by atomic mass is 32.2. The van der Waals surface area contributed by atoms with Crippen LogP contribution in [0.15, 0.2) is 18.2 Å². The van der Waals surface area contributed by atoms with Crippen LogP contribution < -0.4 is 5.32 Å². The first-order chi connectivity index (χ1) is 8.48. The summed E-state index contributed by atoms with van der Waals surface area (Å²) in [6.45, 7) is 0.898. The van der Waals surface area contributed by atoms with Gasteiger partial charge < -0.3 is 10.4 Å². The predicted octanol–water partition coefficient (Wildman–Crippen LogP) is 1.06. The Morgan fingerprint density at radius 3 is 2.89 bits per heavy atom. The van der Waals surface area contributed by atoms with Crippen LogP contribution in [0, 0.1) is 11.7 Å². The Morgan fingerprint density at radius 2 is 2.22 bits per heavy atom. The van der Waals surface area contributed by atoms with Crippen LogP contribution in [0.3, 0.4) is 0 Å². The minimum atomic E-state index is -2.85. The van der Waals surface area contributed by atoms with Gasteiger partial charge in [-0.05, 0) is 24.9 Å². The van der Waals surface area contributed by atoms with E-state index in [2.05, 4.69) is 5.32 Å². The molecule has 100 valence electrons. The van der Waals surface area contributed by atoms with Crippen LogP contribution in [-0.2, 0) is 16.4 Å². The molecule has 0 aromatic heterocycles. The summed E-state index contributed by atoms with van der Waals surface area (Å²) in [5, 5.41) is 12.5. The minimum absolute atomic E-state index is 0.116. The summed E-state index contributed by atoms with van der Waals surface area (Å²) < 4.78 is 35.6. The van der Waals surface area contributed by atoms with Gasteiger partial charge in [0, 0.05) is 12.1 Å². The van der Waals surface area contributed by atoms with Crippen molar-refractivity contribution in [2.24, 2.45) is 5.92 Å². The molecule has 1 heterocycles. The minimum Gasteiger partial charge on any atom is -0.505 e. The zero-order chi connectivity index (χ0) is 13.2. The van der Waals surface area contributed by atoms with Crippen LogP contribution in [0.2, 0.25) is 0 Å². The molecule has 0 aliphatic carbocycles. The molecule has 1 unspecified atom stereocenters. The number of phenolic OH excluding ortho intramolecular Hbond substituents is 1. The number of benzene rings is 1. The van der Waals surface area contributed by atoms with E-state index in [-0.39, 0.29) is 23.2 Å². The van der Waals surface area contributed by atoms with E-state index >= 15 is 0 Å². The van der Waals surface area contributed by atoms with Crippen molar-refractivity contribution in [1.29, 1.82) is 0 Å². The van der Waals surface area contributed by atoms with Crippen LogP contribution in [-0.4, -0.2) is 31.6 Å². The number of hydrogen-bond acceptors (Lipinski definition) is 4. The quantitative estimate of drug-likeness (QED) is 0.860. The Labute approximate surface area is 106 Å². The fraction of sp³-hybridized carbons (Fsp3) is 0.500. The van der Waals surface area contributed by atoms with Gasteiger partial charge in [0.2, 0.25) is 0 Å². The SMILES string of the molecule is O=S1(=O)CCC(CNCc2cccc(F)c2O)C1. The van der Waals surface area contributed by atoms with Gasteiger partial charge in [-0.3, -0.25) is 0 Å². The standard InChI is InChI=1S/C12H16FNO3S/c13-11-3-1-2-10(12(11)15)7-14-6-9-4-5-18(16,17)8-9/h1-3,9,14-15H,4-8H2. The van der Waals surface area contributed by atoms with Crippen molar-refractivity contribution in [1.82, 2.24) is 5.32 Å². The van der Waals surface area contributed by atoms with Gasteiger partial charge in [-0.1, -0.05) is 12.1 Å². The Hall–Kier alpha value is -1.14. The van der Waals surface area contributed by atoms with Crippen molar-refractivity contribution < 1.29 is 17.9 Å². The van der Waals surface area contributed by atoms with Gasteiger partial charge in [-0.25, -0.2) is 12.8 Å². The largest absolute Gasteiger partial charge is 0.505 e. The fourth-order valence-electron chi connectivity index (χ4n) is 2.15. The Kier molecular flexibility index (Phi) is 3.87. The van der Waals surface area contributed by atoms with Gasteiger partial charge in [-0.2, -0.15) is 0 Å². The maximum Gasteiger partial charge on any atom is 0.165 e. The van der Waals surface area contributed by atoms with Crippen molar-refractivity contribution in [2.45, 2.75) is 13.0 Å². The van der Waals surface area contributed by atoms with Crippen molar-refractivity contribution in [3.8, 4) is 5.75 Å². The maximum absolute atomic E-state index is 13.1. The molecule has 1 aromatic carbocycles. The highest BCUT2D eigenvalue weighted by molar-refractivity contribution is 7.91. The molecule has 2 N–H and O–H groups in total. The number of rotatable bonds is 4. The van der Waals surface area contributed by atoms with E-state index in [0.717, 1.165) is 0 Å².